The van der Waals surface area contributed by atoms with E-state index in [9.17, 15) is 4.79 Å². The van der Waals surface area contributed by atoms with E-state index in [1.165, 1.54) is 5.56 Å². The van der Waals surface area contributed by atoms with Crippen LogP contribution in [-0.4, -0.2) is 30.6 Å². The summed E-state index contributed by atoms with van der Waals surface area (Å²) in [5, 5.41) is 9.02. The number of carbonyl (C=O) groups excluding carboxylic acids is 1. The first-order valence-electron chi connectivity index (χ1n) is 7.49. The second-order valence-electron chi connectivity index (χ2n) is 5.12. The zero-order chi connectivity index (χ0) is 15.7. The molecule has 0 bridgehead atoms. The number of nitrogens with one attached hydrogen (secondary N) is 3. The van der Waals surface area contributed by atoms with E-state index in [1.807, 2.05) is 50.0 Å². The average molecular weight is 309 g/mol. The van der Waals surface area contributed by atoms with Crippen LogP contribution in [0.4, 0.5) is 10.5 Å². The van der Waals surface area contributed by atoms with Crippen LogP contribution >= 0.6 is 11.8 Å². The van der Waals surface area contributed by atoms with E-state index in [1.54, 1.807) is 0 Å². The summed E-state index contributed by atoms with van der Waals surface area (Å²) in [5.74, 6) is 2.20. The first-order valence-corrected chi connectivity index (χ1v) is 8.64. The van der Waals surface area contributed by atoms with E-state index < -0.39 is 0 Å². The molecule has 2 unspecified atom stereocenters. The van der Waals surface area contributed by atoms with Gasteiger partial charge in [0.25, 0.3) is 0 Å². The number of rotatable bonds is 8. The van der Waals surface area contributed by atoms with Crippen LogP contribution in [0.15, 0.2) is 24.3 Å². The van der Waals surface area contributed by atoms with Crippen LogP contribution in [0.1, 0.15) is 38.8 Å². The van der Waals surface area contributed by atoms with Gasteiger partial charge in [-0.25, -0.2) is 4.79 Å². The number of anilines is 1. The van der Waals surface area contributed by atoms with E-state index in [0.717, 1.165) is 23.6 Å². The van der Waals surface area contributed by atoms with E-state index in [2.05, 4.69) is 29.8 Å². The van der Waals surface area contributed by atoms with Crippen LogP contribution in [0.3, 0.4) is 0 Å². The molecule has 5 heteroatoms. The minimum absolute atomic E-state index is 0.140. The third-order valence-corrected chi connectivity index (χ3v) is 4.31. The second-order valence-corrected chi connectivity index (χ2v) is 6.51. The summed E-state index contributed by atoms with van der Waals surface area (Å²) in [6.07, 6.45) is 0.991. The molecule has 4 nitrogen and oxygen atoms in total. The van der Waals surface area contributed by atoms with Crippen molar-refractivity contribution in [3.63, 3.8) is 0 Å². The Hall–Kier alpha value is -1.20. The molecule has 1 aromatic carbocycles. The van der Waals surface area contributed by atoms with Crippen LogP contribution in [0.25, 0.3) is 0 Å². The molecule has 0 saturated heterocycles. The molecule has 0 aromatic heterocycles. The standard InChI is InChI=1S/C16H27N3OS/c1-5-21-11-10-12(2)18-16(20)19-15-8-6-14(7-9-15)13(3)17-4/h6-9,12-13,17H,5,10-11H2,1-4H3,(H2,18,19,20). The molecule has 0 fully saturated rings. The van der Waals surface area contributed by atoms with Gasteiger partial charge in [-0.15, -0.1) is 0 Å². The largest absolute Gasteiger partial charge is 0.335 e. The van der Waals surface area contributed by atoms with Crippen molar-refractivity contribution in [1.29, 1.82) is 0 Å². The Labute approximate surface area is 132 Å². The highest BCUT2D eigenvalue weighted by Gasteiger charge is 2.08. The molecule has 21 heavy (non-hydrogen) atoms. The number of carbonyl (C=O) groups is 1. The number of hydrogen-bond acceptors (Lipinski definition) is 3. The van der Waals surface area contributed by atoms with Crippen LogP contribution in [0.5, 0.6) is 0 Å². The van der Waals surface area contributed by atoms with Gasteiger partial charge < -0.3 is 16.0 Å². The van der Waals surface area contributed by atoms with Crippen molar-refractivity contribution in [2.24, 2.45) is 0 Å². The van der Waals surface area contributed by atoms with Gasteiger partial charge >= 0.3 is 6.03 Å². The molecule has 0 aliphatic rings. The van der Waals surface area contributed by atoms with Gasteiger partial charge in [0, 0.05) is 17.8 Å². The first kappa shape index (κ1) is 17.9. The Morgan fingerprint density at radius 1 is 1.24 bits per heavy atom. The summed E-state index contributed by atoms with van der Waals surface area (Å²) in [6, 6.07) is 8.27. The predicted molar refractivity (Wildman–Crippen MR) is 93.1 cm³/mol. The summed E-state index contributed by atoms with van der Waals surface area (Å²) in [6.45, 7) is 6.28. The molecule has 0 radical (unpaired) electrons. The van der Waals surface area contributed by atoms with Gasteiger partial charge in [-0.1, -0.05) is 19.1 Å². The molecule has 2 amide bonds. The minimum atomic E-state index is -0.140. The third-order valence-electron chi connectivity index (χ3n) is 3.38. The fraction of sp³-hybridized carbons (Fsp3) is 0.562. The zero-order valence-electron chi connectivity index (χ0n) is 13.4. The second kappa shape index (κ2) is 9.68. The molecule has 3 N–H and O–H groups in total. The summed E-state index contributed by atoms with van der Waals surface area (Å²) in [5.41, 5.74) is 2.02. The Kier molecular flexibility index (Phi) is 8.23. The summed E-state index contributed by atoms with van der Waals surface area (Å²) < 4.78 is 0. The van der Waals surface area contributed by atoms with E-state index in [4.69, 9.17) is 0 Å². The molecule has 0 saturated carbocycles. The Bertz CT molecular complexity index is 422. The zero-order valence-corrected chi connectivity index (χ0v) is 14.2. The molecule has 1 aromatic rings. The molecule has 0 aliphatic carbocycles. The lowest BCUT2D eigenvalue weighted by atomic mass is 10.1. The molecular weight excluding hydrogens is 282 g/mol. The van der Waals surface area contributed by atoms with Gasteiger partial charge in [0.1, 0.15) is 0 Å². The molecule has 0 spiro atoms. The number of urea groups is 1. The maximum atomic E-state index is 11.9. The van der Waals surface area contributed by atoms with Crippen LogP contribution in [0.2, 0.25) is 0 Å². The predicted octanol–water partition coefficient (Wildman–Crippen LogP) is 3.62. The van der Waals surface area contributed by atoms with Gasteiger partial charge in [-0.3, -0.25) is 0 Å². The lowest BCUT2D eigenvalue weighted by molar-refractivity contribution is 0.249. The molecule has 1 rings (SSSR count). The topological polar surface area (TPSA) is 53.2 Å². The smallest absolute Gasteiger partial charge is 0.319 e. The first-order chi connectivity index (χ1) is 10.1. The van der Waals surface area contributed by atoms with Crippen molar-refractivity contribution in [3.8, 4) is 0 Å². The SMILES string of the molecule is CCSCCC(C)NC(=O)Nc1ccc(C(C)NC)cc1. The van der Waals surface area contributed by atoms with Gasteiger partial charge in [-0.2, -0.15) is 11.8 Å². The van der Waals surface area contributed by atoms with Crippen molar-refractivity contribution in [2.75, 3.05) is 23.9 Å². The van der Waals surface area contributed by atoms with Crippen LogP contribution in [-0.2, 0) is 0 Å². The monoisotopic (exact) mass is 309 g/mol. The maximum Gasteiger partial charge on any atom is 0.319 e. The van der Waals surface area contributed by atoms with Crippen LogP contribution < -0.4 is 16.0 Å². The lowest BCUT2D eigenvalue weighted by Gasteiger charge is -2.15. The Morgan fingerprint density at radius 3 is 2.48 bits per heavy atom. The number of benzene rings is 1. The van der Waals surface area contributed by atoms with Gasteiger partial charge in [0.2, 0.25) is 0 Å². The van der Waals surface area contributed by atoms with Crippen molar-refractivity contribution < 1.29 is 4.79 Å². The van der Waals surface area contributed by atoms with Crippen molar-refractivity contribution in [2.45, 2.75) is 39.3 Å². The summed E-state index contributed by atoms with van der Waals surface area (Å²) >= 11 is 1.90. The maximum absolute atomic E-state index is 11.9. The normalized spacial score (nSPS) is 13.5. The van der Waals surface area contributed by atoms with Crippen molar-refractivity contribution in [1.82, 2.24) is 10.6 Å². The fourth-order valence-corrected chi connectivity index (χ4v) is 2.70. The lowest BCUT2D eigenvalue weighted by Crippen LogP contribution is -2.36. The van der Waals surface area contributed by atoms with Crippen LogP contribution in [0, 0.1) is 0 Å². The highest BCUT2D eigenvalue weighted by Crippen LogP contribution is 2.15. The molecule has 2 atom stereocenters. The van der Waals surface area contributed by atoms with Crippen molar-refractivity contribution in [3.05, 3.63) is 29.8 Å². The van der Waals surface area contributed by atoms with E-state index in [-0.39, 0.29) is 12.1 Å². The van der Waals surface area contributed by atoms with Gasteiger partial charge in [0.05, 0.1) is 0 Å². The highest BCUT2D eigenvalue weighted by atomic mass is 32.2. The summed E-state index contributed by atoms with van der Waals surface area (Å²) in [7, 11) is 1.93. The van der Waals surface area contributed by atoms with Crippen molar-refractivity contribution >= 4 is 23.5 Å². The van der Waals surface area contributed by atoms with E-state index >= 15 is 0 Å². The quantitative estimate of drug-likeness (QED) is 0.643. The Morgan fingerprint density at radius 2 is 1.90 bits per heavy atom. The van der Waals surface area contributed by atoms with Gasteiger partial charge in [0.15, 0.2) is 0 Å². The number of amides is 2. The number of thioether (sulfide) groups is 1. The Balaban J connectivity index is 2.40. The average Bonchev–Trinajstić information content (AvgIpc) is 2.47. The van der Waals surface area contributed by atoms with E-state index in [0.29, 0.717) is 6.04 Å². The molecular formula is C16H27N3OS. The van der Waals surface area contributed by atoms with Gasteiger partial charge in [-0.05, 0) is 56.5 Å². The molecule has 0 aliphatic heterocycles. The highest BCUT2D eigenvalue weighted by molar-refractivity contribution is 7.99. The molecule has 0 heterocycles. The fourth-order valence-electron chi connectivity index (χ4n) is 1.89. The number of hydrogen-bond donors (Lipinski definition) is 3. The minimum Gasteiger partial charge on any atom is -0.335 e. The third kappa shape index (κ3) is 6.87. The summed E-state index contributed by atoms with van der Waals surface area (Å²) in [4.78, 5) is 11.9. The molecule has 118 valence electrons.